The highest BCUT2D eigenvalue weighted by molar-refractivity contribution is 6.29. The molecular formula is C8H16Cl2N6O4. The van der Waals surface area contributed by atoms with Crippen molar-refractivity contribution in [3.63, 3.8) is 0 Å². The molecule has 0 saturated carbocycles. The molecule has 20 heavy (non-hydrogen) atoms. The number of anilines is 1. The predicted octanol–water partition coefficient (Wildman–Crippen LogP) is -2.74. The summed E-state index contributed by atoms with van der Waals surface area (Å²) < 4.78 is 0. The lowest BCUT2D eigenvalue weighted by Gasteiger charge is -2.24. The Morgan fingerprint density at radius 3 is 2.35 bits per heavy atom. The predicted molar refractivity (Wildman–Crippen MR) is 75.0 cm³/mol. The van der Waals surface area contributed by atoms with E-state index in [9.17, 15) is 9.59 Å². The number of alkyl halides is 1. The van der Waals surface area contributed by atoms with Crippen LogP contribution in [0.1, 0.15) is 6.42 Å². The number of amides is 1. The average Bonchev–Trinajstić information content (AvgIpc) is 2.12. The molecule has 2 rings (SSSR count). The Labute approximate surface area is 123 Å². The first-order valence-corrected chi connectivity index (χ1v) is 5.65. The van der Waals surface area contributed by atoms with E-state index in [1.807, 2.05) is 0 Å². The fourth-order valence-electron chi connectivity index (χ4n) is 1.14. The van der Waals surface area contributed by atoms with E-state index in [1.54, 1.807) is 0 Å². The third-order valence-electron chi connectivity index (χ3n) is 1.77. The van der Waals surface area contributed by atoms with Gasteiger partial charge in [-0.05, 0) is 0 Å². The molecule has 0 radical (unpaired) electrons. The van der Waals surface area contributed by atoms with Crippen molar-refractivity contribution in [3.8, 4) is 0 Å². The molecule has 12 heteroatoms. The minimum absolute atomic E-state index is 0. The smallest absolute Gasteiger partial charge is 0.253 e. The Morgan fingerprint density at radius 1 is 1.35 bits per heavy atom. The van der Waals surface area contributed by atoms with Crippen LogP contribution in [0.4, 0.5) is 5.95 Å². The number of rotatable bonds is 0. The van der Waals surface area contributed by atoms with Gasteiger partial charge in [0.15, 0.2) is 0 Å². The second kappa shape index (κ2) is 9.47. The van der Waals surface area contributed by atoms with Gasteiger partial charge in [-0.25, -0.2) is 4.98 Å². The van der Waals surface area contributed by atoms with Gasteiger partial charge in [-0.2, -0.15) is 0 Å². The Hall–Kier alpha value is -1.43. The standard InChI is InChI=1S/C4H8ClN3O.C4H4ClN3O.2H2O/c2*5-2-1-3(9)8-4(6)7-2;;/h2,4,7H,1,6H2,(H,8,9);1H,(H3,6,7,8,9);2*1H2. The minimum atomic E-state index is -0.492. The molecule has 0 spiro atoms. The zero-order valence-electron chi connectivity index (χ0n) is 10.1. The van der Waals surface area contributed by atoms with Crippen molar-refractivity contribution >= 4 is 35.1 Å². The molecule has 1 amide bonds. The lowest BCUT2D eigenvalue weighted by molar-refractivity contribution is -0.123. The number of nitrogens with two attached hydrogens (primary N) is 2. The third-order valence-corrected chi connectivity index (χ3v) is 2.24. The molecule has 2 unspecified atom stereocenters. The first-order valence-electron chi connectivity index (χ1n) is 4.84. The van der Waals surface area contributed by atoms with Crippen molar-refractivity contribution in [3.05, 3.63) is 21.6 Å². The van der Waals surface area contributed by atoms with Crippen molar-refractivity contribution in [1.82, 2.24) is 20.6 Å². The van der Waals surface area contributed by atoms with Crippen molar-refractivity contribution in [2.24, 2.45) is 5.73 Å². The number of hydrogen-bond acceptors (Lipinski definition) is 6. The average molecular weight is 331 g/mol. The van der Waals surface area contributed by atoms with Gasteiger partial charge in [0.05, 0.1) is 11.9 Å². The van der Waals surface area contributed by atoms with E-state index >= 15 is 0 Å². The van der Waals surface area contributed by atoms with E-state index in [0.29, 0.717) is 0 Å². The number of carbonyl (C=O) groups excluding carboxylic acids is 1. The van der Waals surface area contributed by atoms with Crippen LogP contribution in [0.15, 0.2) is 10.9 Å². The topological polar surface area (TPSA) is 202 Å². The molecular weight excluding hydrogens is 315 g/mol. The number of nitrogens with zero attached hydrogens (tertiary/aromatic N) is 1. The van der Waals surface area contributed by atoms with Crippen LogP contribution < -0.4 is 27.7 Å². The van der Waals surface area contributed by atoms with Crippen LogP contribution in [0.3, 0.4) is 0 Å². The second-order valence-corrected chi connectivity index (χ2v) is 4.25. The van der Waals surface area contributed by atoms with Crippen LogP contribution in [0, 0.1) is 0 Å². The van der Waals surface area contributed by atoms with Gasteiger partial charge in [0.25, 0.3) is 5.56 Å². The fourth-order valence-corrected chi connectivity index (χ4v) is 1.60. The number of H-pyrrole nitrogens is 1. The summed E-state index contributed by atoms with van der Waals surface area (Å²) in [7, 11) is 0. The zero-order chi connectivity index (χ0) is 13.7. The van der Waals surface area contributed by atoms with Crippen LogP contribution >= 0.6 is 23.2 Å². The molecule has 1 fully saturated rings. The Morgan fingerprint density at radius 2 is 1.95 bits per heavy atom. The summed E-state index contributed by atoms with van der Waals surface area (Å²) in [6.07, 6.45) is -0.205. The van der Waals surface area contributed by atoms with E-state index in [4.69, 9.17) is 34.7 Å². The van der Waals surface area contributed by atoms with Crippen LogP contribution in [-0.2, 0) is 4.79 Å². The molecule has 0 aliphatic carbocycles. The maximum Gasteiger partial charge on any atom is 0.253 e. The van der Waals surface area contributed by atoms with Crippen LogP contribution in [0.25, 0.3) is 0 Å². The zero-order valence-corrected chi connectivity index (χ0v) is 11.6. The molecule has 11 N–H and O–H groups in total. The highest BCUT2D eigenvalue weighted by Crippen LogP contribution is 2.01. The Balaban J connectivity index is 0. The normalized spacial score (nSPS) is 20.4. The first kappa shape index (κ1) is 20.9. The highest BCUT2D eigenvalue weighted by atomic mass is 35.5. The van der Waals surface area contributed by atoms with E-state index in [-0.39, 0.29) is 45.4 Å². The number of aromatic amines is 1. The summed E-state index contributed by atoms with van der Waals surface area (Å²) in [5.74, 6) is -0.0752. The monoisotopic (exact) mass is 330 g/mol. The molecule has 0 aromatic carbocycles. The first-order chi connectivity index (χ1) is 8.36. The lowest BCUT2D eigenvalue weighted by Crippen LogP contribution is -2.59. The molecule has 0 bridgehead atoms. The fraction of sp³-hybridized carbons (Fsp3) is 0.375. The van der Waals surface area contributed by atoms with Crippen LogP contribution in [-0.4, -0.2) is 38.6 Å². The summed E-state index contributed by atoms with van der Waals surface area (Å²) in [4.78, 5) is 26.8. The van der Waals surface area contributed by atoms with E-state index in [2.05, 4.69) is 20.6 Å². The Kier molecular flexibility index (Phi) is 9.89. The Bertz CT molecular complexity index is 449. The second-order valence-electron chi connectivity index (χ2n) is 3.34. The third kappa shape index (κ3) is 7.89. The van der Waals surface area contributed by atoms with Gasteiger partial charge in [0, 0.05) is 6.07 Å². The number of nitrogen functional groups attached to an aromatic ring is 1. The van der Waals surface area contributed by atoms with Gasteiger partial charge in [0.2, 0.25) is 11.9 Å². The molecule has 10 nitrogen and oxygen atoms in total. The molecule has 2 heterocycles. The molecule has 2 atom stereocenters. The largest absolute Gasteiger partial charge is 0.412 e. The molecule has 1 aromatic heterocycles. The van der Waals surface area contributed by atoms with Crippen LogP contribution in [0.5, 0.6) is 0 Å². The van der Waals surface area contributed by atoms with Gasteiger partial charge in [-0.1, -0.05) is 11.6 Å². The number of carbonyl (C=O) groups is 1. The minimum Gasteiger partial charge on any atom is -0.412 e. The van der Waals surface area contributed by atoms with Gasteiger partial charge in [-0.3, -0.25) is 25.6 Å². The lowest BCUT2D eigenvalue weighted by atomic mass is 10.3. The van der Waals surface area contributed by atoms with Crippen molar-refractivity contribution in [2.45, 2.75) is 18.2 Å². The summed E-state index contributed by atoms with van der Waals surface area (Å²) in [5, 5.41) is 5.28. The number of aromatic nitrogens is 2. The molecule has 1 aromatic rings. The maximum atomic E-state index is 10.6. The number of nitrogens with one attached hydrogen (secondary N) is 3. The highest BCUT2D eigenvalue weighted by Gasteiger charge is 2.20. The summed E-state index contributed by atoms with van der Waals surface area (Å²) >= 11 is 10.9. The van der Waals surface area contributed by atoms with Crippen molar-refractivity contribution in [2.75, 3.05) is 5.73 Å². The van der Waals surface area contributed by atoms with Crippen LogP contribution in [0.2, 0.25) is 5.15 Å². The van der Waals surface area contributed by atoms with E-state index < -0.39 is 6.29 Å². The SMILES string of the molecule is NC1NC(=O)CC(Cl)N1.Nc1nc(Cl)cc(=O)[nH]1.O.O. The number of hydrogen-bond donors (Lipinski definition) is 5. The molecule has 1 aliphatic heterocycles. The van der Waals surface area contributed by atoms with Gasteiger partial charge < -0.3 is 22.0 Å². The van der Waals surface area contributed by atoms with Crippen molar-refractivity contribution in [1.29, 1.82) is 0 Å². The maximum absolute atomic E-state index is 10.6. The van der Waals surface area contributed by atoms with Gasteiger partial charge in [-0.15, -0.1) is 11.6 Å². The van der Waals surface area contributed by atoms with Crippen molar-refractivity contribution < 1.29 is 15.7 Å². The molecule has 1 saturated heterocycles. The quantitative estimate of drug-likeness (QED) is 0.194. The van der Waals surface area contributed by atoms with E-state index in [1.165, 1.54) is 0 Å². The molecule has 116 valence electrons. The number of halogens is 2. The van der Waals surface area contributed by atoms with E-state index in [0.717, 1.165) is 6.07 Å². The van der Waals surface area contributed by atoms with Gasteiger partial charge >= 0.3 is 0 Å². The summed E-state index contributed by atoms with van der Waals surface area (Å²) in [6.45, 7) is 0. The summed E-state index contributed by atoms with van der Waals surface area (Å²) in [5.41, 5.74) is 9.73. The molecule has 1 aliphatic rings. The van der Waals surface area contributed by atoms with Gasteiger partial charge in [0.1, 0.15) is 11.4 Å². The summed E-state index contributed by atoms with van der Waals surface area (Å²) in [6, 6.07) is 1.15.